The molecule has 0 bridgehead atoms. The highest BCUT2D eigenvalue weighted by molar-refractivity contribution is 5.95. The van der Waals surface area contributed by atoms with Crippen molar-refractivity contribution in [3.63, 3.8) is 0 Å². The van der Waals surface area contributed by atoms with Crippen LogP contribution in [-0.2, 0) is 0 Å². The van der Waals surface area contributed by atoms with Crippen molar-refractivity contribution in [2.45, 2.75) is 25.8 Å². The molecule has 0 aromatic heterocycles. The third kappa shape index (κ3) is 3.25. The van der Waals surface area contributed by atoms with Crippen molar-refractivity contribution >= 4 is 11.6 Å². The van der Waals surface area contributed by atoms with Crippen LogP contribution in [0.25, 0.3) is 0 Å². The number of nitrogens with two attached hydrogens (primary N) is 1. The molecular formula is C14H19F2N3O. The summed E-state index contributed by atoms with van der Waals surface area (Å²) < 4.78 is 27.0. The van der Waals surface area contributed by atoms with Crippen molar-refractivity contribution in [2.24, 2.45) is 0 Å². The molecule has 0 radical (unpaired) electrons. The van der Waals surface area contributed by atoms with Gasteiger partial charge in [-0.1, -0.05) is 6.92 Å². The first-order valence-corrected chi connectivity index (χ1v) is 6.79. The van der Waals surface area contributed by atoms with Crippen LogP contribution in [0.15, 0.2) is 12.1 Å². The molecule has 1 amide bonds. The van der Waals surface area contributed by atoms with Crippen LogP contribution >= 0.6 is 0 Å². The zero-order chi connectivity index (χ0) is 14.7. The third-order valence-corrected chi connectivity index (χ3v) is 3.70. The summed E-state index contributed by atoms with van der Waals surface area (Å²) in [4.78, 5) is 14.3. The summed E-state index contributed by atoms with van der Waals surface area (Å²) in [7, 11) is 0. The third-order valence-electron chi connectivity index (χ3n) is 3.70. The van der Waals surface area contributed by atoms with E-state index in [0.29, 0.717) is 0 Å². The number of nitrogens with one attached hydrogen (secondary N) is 1. The van der Waals surface area contributed by atoms with E-state index in [1.807, 2.05) is 0 Å². The van der Waals surface area contributed by atoms with Gasteiger partial charge in [-0.3, -0.25) is 4.79 Å². The Kier molecular flexibility index (Phi) is 4.54. The first-order valence-electron chi connectivity index (χ1n) is 6.79. The summed E-state index contributed by atoms with van der Waals surface area (Å²) in [5.74, 6) is -2.17. The number of hydrogen-bond donors (Lipinski definition) is 2. The Hall–Kier alpha value is -1.69. The van der Waals surface area contributed by atoms with Crippen molar-refractivity contribution in [3.8, 4) is 0 Å². The second-order valence-electron chi connectivity index (χ2n) is 5.04. The van der Waals surface area contributed by atoms with Crippen molar-refractivity contribution in [2.75, 3.05) is 25.4 Å². The average Bonchev–Trinajstić information content (AvgIpc) is 2.43. The molecule has 6 heteroatoms. The molecule has 1 heterocycles. The zero-order valence-corrected chi connectivity index (χ0v) is 11.5. The Labute approximate surface area is 116 Å². The summed E-state index contributed by atoms with van der Waals surface area (Å²) in [5, 5.41) is 2.75. The molecule has 20 heavy (non-hydrogen) atoms. The fraction of sp³-hybridized carbons (Fsp3) is 0.500. The number of carbonyl (C=O) groups excluding carboxylic acids is 1. The van der Waals surface area contributed by atoms with Crippen molar-refractivity contribution < 1.29 is 13.6 Å². The van der Waals surface area contributed by atoms with E-state index in [9.17, 15) is 13.6 Å². The van der Waals surface area contributed by atoms with Gasteiger partial charge in [-0.15, -0.1) is 0 Å². The molecule has 1 saturated heterocycles. The van der Waals surface area contributed by atoms with Gasteiger partial charge in [0.25, 0.3) is 5.91 Å². The highest BCUT2D eigenvalue weighted by Gasteiger charge is 2.22. The van der Waals surface area contributed by atoms with E-state index in [-0.39, 0.29) is 17.3 Å². The maximum Gasteiger partial charge on any atom is 0.254 e. The predicted octanol–water partition coefficient (Wildman–Crippen LogP) is 1.76. The molecule has 1 aliphatic rings. The van der Waals surface area contributed by atoms with Crippen LogP contribution in [0, 0.1) is 11.6 Å². The Morgan fingerprint density at radius 1 is 1.35 bits per heavy atom. The summed E-state index contributed by atoms with van der Waals surface area (Å²) in [6.07, 6.45) is 1.64. The standard InChI is InChI=1S/C14H19F2N3O/c1-2-19-5-3-9(4-6-19)18-14(20)10-7-12(16)13(17)8-11(10)15/h7-9H,2-6,17H2,1H3,(H,18,20). The van der Waals surface area contributed by atoms with Crippen molar-refractivity contribution in [1.29, 1.82) is 0 Å². The lowest BCUT2D eigenvalue weighted by atomic mass is 10.0. The summed E-state index contributed by atoms with van der Waals surface area (Å²) in [6, 6.07) is 1.69. The summed E-state index contributed by atoms with van der Waals surface area (Å²) in [6.45, 7) is 4.88. The number of likely N-dealkylation sites (tertiary alicyclic amines) is 1. The highest BCUT2D eigenvalue weighted by atomic mass is 19.1. The number of amides is 1. The second kappa shape index (κ2) is 6.17. The van der Waals surface area contributed by atoms with E-state index in [0.717, 1.165) is 44.6 Å². The van der Waals surface area contributed by atoms with Crippen molar-refractivity contribution in [1.82, 2.24) is 10.2 Å². The van der Waals surface area contributed by atoms with Crippen LogP contribution in [0.5, 0.6) is 0 Å². The average molecular weight is 283 g/mol. The Morgan fingerprint density at radius 2 is 2.00 bits per heavy atom. The molecule has 0 unspecified atom stereocenters. The van der Waals surface area contributed by atoms with Crippen LogP contribution in [0.2, 0.25) is 0 Å². The van der Waals surface area contributed by atoms with Gasteiger partial charge >= 0.3 is 0 Å². The minimum absolute atomic E-state index is 0.00492. The lowest BCUT2D eigenvalue weighted by molar-refractivity contribution is 0.0908. The second-order valence-corrected chi connectivity index (χ2v) is 5.04. The molecule has 1 aliphatic heterocycles. The SMILES string of the molecule is CCN1CCC(NC(=O)c2cc(F)c(N)cc2F)CC1. The number of anilines is 1. The molecule has 1 aromatic rings. The fourth-order valence-electron chi connectivity index (χ4n) is 2.39. The highest BCUT2D eigenvalue weighted by Crippen LogP contribution is 2.17. The van der Waals surface area contributed by atoms with Crippen molar-refractivity contribution in [3.05, 3.63) is 29.3 Å². The normalized spacial score (nSPS) is 17.1. The van der Waals surface area contributed by atoms with Crippen LogP contribution < -0.4 is 11.1 Å². The van der Waals surface area contributed by atoms with Crippen LogP contribution in [-0.4, -0.2) is 36.5 Å². The van der Waals surface area contributed by atoms with Crippen LogP contribution in [0.1, 0.15) is 30.1 Å². The monoisotopic (exact) mass is 283 g/mol. The van der Waals surface area contributed by atoms with E-state index < -0.39 is 17.5 Å². The van der Waals surface area contributed by atoms with E-state index in [1.54, 1.807) is 0 Å². The maximum atomic E-state index is 13.6. The number of benzene rings is 1. The molecule has 1 fully saturated rings. The molecule has 3 N–H and O–H groups in total. The van der Waals surface area contributed by atoms with E-state index >= 15 is 0 Å². The predicted molar refractivity (Wildman–Crippen MR) is 73.4 cm³/mol. The molecule has 0 saturated carbocycles. The summed E-state index contributed by atoms with van der Waals surface area (Å²) >= 11 is 0. The zero-order valence-electron chi connectivity index (χ0n) is 11.5. The van der Waals surface area contributed by atoms with Crippen LogP contribution in [0.4, 0.5) is 14.5 Å². The smallest absolute Gasteiger partial charge is 0.254 e. The minimum Gasteiger partial charge on any atom is -0.396 e. The number of rotatable bonds is 3. The van der Waals surface area contributed by atoms with Crippen LogP contribution in [0.3, 0.4) is 0 Å². The number of hydrogen-bond acceptors (Lipinski definition) is 3. The molecule has 0 aliphatic carbocycles. The number of halogens is 2. The van der Waals surface area contributed by atoms with Gasteiger partial charge < -0.3 is 16.0 Å². The number of piperidine rings is 1. The molecule has 4 nitrogen and oxygen atoms in total. The van der Waals surface area contributed by atoms with E-state index in [1.165, 1.54) is 0 Å². The van der Waals surface area contributed by atoms with Gasteiger partial charge in [0.15, 0.2) is 0 Å². The van der Waals surface area contributed by atoms with Gasteiger partial charge in [0.05, 0.1) is 11.3 Å². The molecule has 110 valence electrons. The van der Waals surface area contributed by atoms with Gasteiger partial charge in [-0.2, -0.15) is 0 Å². The first kappa shape index (κ1) is 14.7. The molecule has 0 atom stereocenters. The van der Waals surface area contributed by atoms with Gasteiger partial charge in [-0.25, -0.2) is 8.78 Å². The van der Waals surface area contributed by atoms with E-state index in [2.05, 4.69) is 17.1 Å². The Balaban J connectivity index is 2.01. The summed E-state index contributed by atoms with van der Waals surface area (Å²) in [5.41, 5.74) is 4.66. The minimum atomic E-state index is -0.799. The Morgan fingerprint density at radius 3 is 2.60 bits per heavy atom. The van der Waals surface area contributed by atoms with Gasteiger partial charge in [0, 0.05) is 25.2 Å². The largest absolute Gasteiger partial charge is 0.396 e. The lowest BCUT2D eigenvalue weighted by Gasteiger charge is -2.31. The molecule has 1 aromatic carbocycles. The number of nitrogens with zero attached hydrogens (tertiary/aromatic N) is 1. The maximum absolute atomic E-state index is 13.6. The van der Waals surface area contributed by atoms with E-state index in [4.69, 9.17) is 5.73 Å². The van der Waals surface area contributed by atoms with Gasteiger partial charge in [0.2, 0.25) is 0 Å². The number of nitrogen functional groups attached to an aromatic ring is 1. The topological polar surface area (TPSA) is 58.4 Å². The van der Waals surface area contributed by atoms with Gasteiger partial charge in [-0.05, 0) is 25.5 Å². The first-order chi connectivity index (χ1) is 9.51. The Bertz CT molecular complexity index is 499. The lowest BCUT2D eigenvalue weighted by Crippen LogP contribution is -2.44. The molecule has 2 rings (SSSR count). The molecule has 0 spiro atoms. The number of carbonyl (C=O) groups is 1. The quantitative estimate of drug-likeness (QED) is 0.831. The molecular weight excluding hydrogens is 264 g/mol. The van der Waals surface area contributed by atoms with Gasteiger partial charge in [0.1, 0.15) is 11.6 Å². The fourth-order valence-corrected chi connectivity index (χ4v) is 2.39.